The average Bonchev–Trinajstić information content (AvgIpc) is 3.60. The number of rotatable bonds is 13. The molecular weight excluding hydrogens is 642 g/mol. The highest BCUT2D eigenvalue weighted by Gasteiger charge is 2.27. The molecule has 5 aromatic rings. The molecule has 2 N–H and O–H groups in total. The number of benzene rings is 3. The van der Waals surface area contributed by atoms with Crippen molar-refractivity contribution < 1.29 is 28.6 Å². The topological polar surface area (TPSA) is 118 Å². The number of nitrogens with one attached hydrogen (secondary N) is 1. The largest absolute Gasteiger partial charge is 0.486 e. The Labute approximate surface area is 289 Å². The summed E-state index contributed by atoms with van der Waals surface area (Å²) in [5.74, 6) is -2.45. The smallest absolute Gasteiger partial charge is 0.325 e. The van der Waals surface area contributed by atoms with Crippen LogP contribution in [0.25, 0.3) is 22.5 Å². The summed E-state index contributed by atoms with van der Waals surface area (Å²) >= 11 is 1.41. The van der Waals surface area contributed by atoms with Gasteiger partial charge in [0, 0.05) is 40.7 Å². The van der Waals surface area contributed by atoms with E-state index in [0.29, 0.717) is 21.8 Å². The van der Waals surface area contributed by atoms with Crippen molar-refractivity contribution in [2.75, 3.05) is 0 Å². The summed E-state index contributed by atoms with van der Waals surface area (Å²) in [6.45, 7) is 7.87. The molecule has 0 spiro atoms. The fourth-order valence-electron chi connectivity index (χ4n) is 5.10. The number of ether oxygens (including phenoxy) is 1. The van der Waals surface area contributed by atoms with Gasteiger partial charge in [-0.1, -0.05) is 81.4 Å². The molecule has 2 aromatic heterocycles. The number of hydrogen-bond donors (Lipinski definition) is 2. The Balaban J connectivity index is 1.26. The molecule has 49 heavy (non-hydrogen) atoms. The second kappa shape index (κ2) is 15.3. The number of Topliss-reactive ketones (excluding diaryl/α,β-unsaturated/α-hetero) is 1. The Morgan fingerprint density at radius 1 is 0.878 bits per heavy atom. The molecule has 2 atom stereocenters. The fraction of sp³-hybridized carbons (Fsp3) is 0.256. The summed E-state index contributed by atoms with van der Waals surface area (Å²) in [4.78, 5) is 48.5. The summed E-state index contributed by atoms with van der Waals surface area (Å²) in [6, 6.07) is 24.2. The zero-order chi connectivity index (χ0) is 35.1. The third-order valence-corrected chi connectivity index (χ3v) is 9.55. The first-order valence-electron chi connectivity index (χ1n) is 15.9. The van der Waals surface area contributed by atoms with E-state index in [4.69, 9.17) is 4.74 Å². The van der Waals surface area contributed by atoms with Gasteiger partial charge >= 0.3 is 5.97 Å². The number of carboxylic acid groups (broad SMARTS) is 1. The minimum atomic E-state index is -1.16. The van der Waals surface area contributed by atoms with Crippen molar-refractivity contribution in [3.8, 4) is 28.3 Å². The van der Waals surface area contributed by atoms with Gasteiger partial charge in [-0.05, 0) is 59.7 Å². The maximum Gasteiger partial charge on any atom is 0.325 e. The number of thiophene rings is 1. The molecule has 5 rings (SSSR count). The number of aromatic nitrogens is 2. The summed E-state index contributed by atoms with van der Waals surface area (Å²) in [6.07, 6.45) is 3.43. The van der Waals surface area contributed by atoms with Crippen LogP contribution < -0.4 is 10.1 Å². The molecule has 0 aliphatic rings. The van der Waals surface area contributed by atoms with E-state index < -0.39 is 29.7 Å². The van der Waals surface area contributed by atoms with Gasteiger partial charge in [0.25, 0.3) is 0 Å². The van der Waals surface area contributed by atoms with E-state index >= 15 is 0 Å². The lowest BCUT2D eigenvalue weighted by Crippen LogP contribution is -2.42. The van der Waals surface area contributed by atoms with Crippen LogP contribution in [0.1, 0.15) is 59.8 Å². The Kier molecular flexibility index (Phi) is 11.0. The van der Waals surface area contributed by atoms with Crippen LogP contribution in [0.4, 0.5) is 4.39 Å². The van der Waals surface area contributed by atoms with Crippen molar-refractivity contribution in [1.29, 1.82) is 0 Å². The second-order valence-electron chi connectivity index (χ2n) is 12.9. The number of carboxylic acids is 1. The van der Waals surface area contributed by atoms with Gasteiger partial charge in [0.1, 0.15) is 12.6 Å². The molecule has 0 saturated carbocycles. The van der Waals surface area contributed by atoms with E-state index in [1.165, 1.54) is 24.3 Å². The average molecular weight is 680 g/mol. The van der Waals surface area contributed by atoms with Crippen LogP contribution in [-0.4, -0.2) is 38.8 Å². The van der Waals surface area contributed by atoms with Crippen molar-refractivity contribution in [2.24, 2.45) is 5.92 Å². The van der Waals surface area contributed by atoms with Gasteiger partial charge in [0.05, 0.1) is 4.88 Å². The molecule has 3 aromatic carbocycles. The molecule has 0 fully saturated rings. The van der Waals surface area contributed by atoms with Crippen LogP contribution >= 0.6 is 11.3 Å². The molecule has 0 unspecified atom stereocenters. The number of nitrogens with zero attached hydrogens (tertiary/aromatic N) is 2. The third kappa shape index (κ3) is 9.23. The summed E-state index contributed by atoms with van der Waals surface area (Å²) in [5.41, 5.74) is 3.62. The second-order valence-corrected chi connectivity index (χ2v) is 14.0. The van der Waals surface area contributed by atoms with Crippen molar-refractivity contribution in [3.63, 3.8) is 0 Å². The number of halogens is 1. The highest BCUT2D eigenvalue weighted by atomic mass is 32.1. The zero-order valence-electron chi connectivity index (χ0n) is 27.8. The molecule has 2 heterocycles. The molecular formula is C39H38FN3O5S. The molecule has 8 nitrogen and oxygen atoms in total. The van der Waals surface area contributed by atoms with Crippen molar-refractivity contribution >= 4 is 29.0 Å². The van der Waals surface area contributed by atoms with E-state index in [2.05, 4.69) is 36.1 Å². The first-order valence-corrected chi connectivity index (χ1v) is 16.7. The highest BCUT2D eigenvalue weighted by Crippen LogP contribution is 2.31. The van der Waals surface area contributed by atoms with E-state index in [1.807, 2.05) is 60.7 Å². The van der Waals surface area contributed by atoms with Gasteiger partial charge in [0.15, 0.2) is 23.2 Å². The molecule has 0 aliphatic heterocycles. The number of aliphatic carboxylic acids is 1. The standard InChI is InChI=1S/C39H38FN3O5S/c1-24(38(46)47)43-37(45)29(20-32(44)34-16-17-35(49-34)39(2,3)4)18-25-10-12-27(13-11-25)36-41-21-30(22-42-36)28-14-15-33(31(40)19-28)48-23-26-8-6-5-7-9-26/h5-17,19,21-22,24,29H,18,20,23H2,1-4H3,(H,43,45)(H,46,47)/t24-,29-/m1/s1. The summed E-state index contributed by atoms with van der Waals surface area (Å²) in [5, 5.41) is 11.9. The Hall–Kier alpha value is -5.22. The fourth-order valence-corrected chi connectivity index (χ4v) is 6.11. The van der Waals surface area contributed by atoms with Crippen LogP contribution in [0.3, 0.4) is 0 Å². The lowest BCUT2D eigenvalue weighted by molar-refractivity contribution is -0.141. The molecule has 1 amide bonds. The first kappa shape index (κ1) is 35.1. The Bertz CT molecular complexity index is 1920. The molecule has 10 heteroatoms. The van der Waals surface area contributed by atoms with Crippen LogP contribution in [-0.2, 0) is 28.0 Å². The SMILES string of the molecule is C[C@@H](NC(=O)[C@@H](CC(=O)c1ccc(C(C)(C)C)s1)Cc1ccc(-c2ncc(-c3ccc(OCc4ccccc4)c(F)c3)cn2)cc1)C(=O)O. The predicted molar refractivity (Wildman–Crippen MR) is 188 cm³/mol. The minimum Gasteiger partial charge on any atom is -0.486 e. The number of carbonyl (C=O) groups excluding carboxylic acids is 2. The van der Waals surface area contributed by atoms with Crippen LogP contribution in [0.2, 0.25) is 0 Å². The minimum absolute atomic E-state index is 0.0602. The summed E-state index contributed by atoms with van der Waals surface area (Å²) < 4.78 is 20.5. The first-order chi connectivity index (χ1) is 23.4. The van der Waals surface area contributed by atoms with E-state index in [1.54, 1.807) is 30.6 Å². The molecule has 0 aliphatic carbocycles. The maximum atomic E-state index is 14.8. The van der Waals surface area contributed by atoms with E-state index in [0.717, 1.165) is 21.6 Å². The normalized spacial score (nSPS) is 12.6. The Morgan fingerprint density at radius 2 is 1.55 bits per heavy atom. The number of ketones is 1. The number of carbonyl (C=O) groups is 3. The summed E-state index contributed by atoms with van der Waals surface area (Å²) in [7, 11) is 0. The zero-order valence-corrected chi connectivity index (χ0v) is 28.6. The number of hydrogen-bond acceptors (Lipinski definition) is 7. The molecule has 0 radical (unpaired) electrons. The predicted octanol–water partition coefficient (Wildman–Crippen LogP) is 7.91. The maximum absolute atomic E-state index is 14.8. The lowest BCUT2D eigenvalue weighted by atomic mass is 9.92. The third-order valence-electron chi connectivity index (χ3n) is 8.00. The van der Waals surface area contributed by atoms with Gasteiger partial charge in [-0.3, -0.25) is 14.4 Å². The number of amides is 1. The van der Waals surface area contributed by atoms with Gasteiger partial charge in [-0.15, -0.1) is 11.3 Å². The van der Waals surface area contributed by atoms with E-state index in [-0.39, 0.29) is 36.4 Å². The Morgan fingerprint density at radius 3 is 2.16 bits per heavy atom. The van der Waals surface area contributed by atoms with Crippen LogP contribution in [0, 0.1) is 11.7 Å². The highest BCUT2D eigenvalue weighted by molar-refractivity contribution is 7.14. The van der Waals surface area contributed by atoms with Gasteiger partial charge < -0.3 is 15.2 Å². The van der Waals surface area contributed by atoms with Crippen LogP contribution in [0.5, 0.6) is 5.75 Å². The van der Waals surface area contributed by atoms with Crippen molar-refractivity contribution in [3.05, 3.63) is 124 Å². The van der Waals surface area contributed by atoms with Crippen molar-refractivity contribution in [2.45, 2.75) is 58.6 Å². The van der Waals surface area contributed by atoms with E-state index in [9.17, 15) is 23.9 Å². The molecule has 0 saturated heterocycles. The quantitative estimate of drug-likeness (QED) is 0.121. The van der Waals surface area contributed by atoms with Gasteiger partial charge in [-0.25, -0.2) is 14.4 Å². The molecule has 0 bridgehead atoms. The van der Waals surface area contributed by atoms with Crippen LogP contribution in [0.15, 0.2) is 97.3 Å². The lowest BCUT2D eigenvalue weighted by Gasteiger charge is -2.18. The molecule has 252 valence electrons. The van der Waals surface area contributed by atoms with Gasteiger partial charge in [0.2, 0.25) is 5.91 Å². The monoisotopic (exact) mass is 679 g/mol. The van der Waals surface area contributed by atoms with Gasteiger partial charge in [-0.2, -0.15) is 0 Å². The van der Waals surface area contributed by atoms with Crippen molar-refractivity contribution in [1.82, 2.24) is 15.3 Å².